The van der Waals surface area contributed by atoms with Crippen LogP contribution in [0.2, 0.25) is 0 Å². The van der Waals surface area contributed by atoms with Gasteiger partial charge in [0, 0.05) is 26.2 Å². The zero-order valence-corrected chi connectivity index (χ0v) is 12.2. The van der Waals surface area contributed by atoms with Crippen LogP contribution in [0, 0.1) is 0 Å². The quantitative estimate of drug-likeness (QED) is 0.643. The lowest BCUT2D eigenvalue weighted by Crippen LogP contribution is -2.49. The summed E-state index contributed by atoms with van der Waals surface area (Å²) in [5, 5.41) is 13.4. The van der Waals surface area contributed by atoms with Crippen LogP contribution < -0.4 is 5.32 Å². The predicted octanol–water partition coefficient (Wildman–Crippen LogP) is -1.16. The number of sulfone groups is 1. The molecule has 0 bridgehead atoms. The highest BCUT2D eigenvalue weighted by Crippen LogP contribution is 2.20. The molecule has 0 radical (unpaired) electrons. The van der Waals surface area contributed by atoms with Gasteiger partial charge in [-0.2, -0.15) is 0 Å². The fraction of sp³-hybridized carbons (Fsp3) is 1.00. The van der Waals surface area contributed by atoms with Crippen molar-refractivity contribution in [2.24, 2.45) is 0 Å². The fourth-order valence-electron chi connectivity index (χ4n) is 2.96. The van der Waals surface area contributed by atoms with E-state index in [4.69, 9.17) is 4.74 Å². The molecule has 0 aromatic heterocycles. The Bertz CT molecular complexity index is 381. The van der Waals surface area contributed by atoms with Crippen LogP contribution in [0.25, 0.3) is 0 Å². The Morgan fingerprint density at radius 2 is 2.21 bits per heavy atom. The molecule has 2 heterocycles. The molecule has 0 spiro atoms. The van der Waals surface area contributed by atoms with E-state index in [1.54, 1.807) is 7.11 Å². The highest BCUT2D eigenvalue weighted by atomic mass is 32.2. The number of ether oxygens (including phenoxy) is 1. The lowest BCUT2D eigenvalue weighted by atomic mass is 10.1. The molecule has 0 aromatic rings. The molecule has 3 unspecified atom stereocenters. The van der Waals surface area contributed by atoms with Crippen molar-refractivity contribution in [1.82, 2.24) is 10.2 Å². The Morgan fingerprint density at radius 3 is 2.74 bits per heavy atom. The van der Waals surface area contributed by atoms with Gasteiger partial charge >= 0.3 is 0 Å². The molecule has 2 saturated heterocycles. The normalized spacial score (nSPS) is 34.2. The van der Waals surface area contributed by atoms with E-state index in [9.17, 15) is 13.5 Å². The molecule has 112 valence electrons. The first kappa shape index (κ1) is 15.2. The van der Waals surface area contributed by atoms with Crippen molar-refractivity contribution < 1.29 is 18.3 Å². The van der Waals surface area contributed by atoms with Gasteiger partial charge in [-0.25, -0.2) is 8.42 Å². The number of hydrogen-bond donors (Lipinski definition) is 2. The van der Waals surface area contributed by atoms with Crippen LogP contribution in [0.4, 0.5) is 0 Å². The van der Waals surface area contributed by atoms with Crippen LogP contribution in [0.5, 0.6) is 0 Å². The molecule has 2 fully saturated rings. The topological polar surface area (TPSA) is 78.9 Å². The Kier molecular flexibility index (Phi) is 5.19. The van der Waals surface area contributed by atoms with E-state index >= 15 is 0 Å². The standard InChI is InChI=1S/C12H24N2O4S/c1-18-6-5-14(7-10-3-2-4-13-10)11-8-19(16,17)9-12(11)15/h10-13,15H,2-9H2,1H3. The van der Waals surface area contributed by atoms with Crippen LogP contribution in [0.1, 0.15) is 12.8 Å². The predicted molar refractivity (Wildman–Crippen MR) is 72.9 cm³/mol. The summed E-state index contributed by atoms with van der Waals surface area (Å²) in [6.07, 6.45) is 1.50. The van der Waals surface area contributed by atoms with Crippen molar-refractivity contribution in [1.29, 1.82) is 0 Å². The molecular formula is C12H24N2O4S. The number of methoxy groups -OCH3 is 1. The zero-order chi connectivity index (χ0) is 13.9. The summed E-state index contributed by atoms with van der Waals surface area (Å²) in [5.41, 5.74) is 0. The number of hydrogen-bond acceptors (Lipinski definition) is 6. The third kappa shape index (κ3) is 4.13. The van der Waals surface area contributed by atoms with Crippen molar-refractivity contribution >= 4 is 9.84 Å². The van der Waals surface area contributed by atoms with E-state index in [2.05, 4.69) is 10.2 Å². The van der Waals surface area contributed by atoms with E-state index in [1.165, 1.54) is 0 Å². The number of aliphatic hydroxyl groups is 1. The van der Waals surface area contributed by atoms with Gasteiger partial charge in [-0.15, -0.1) is 0 Å². The monoisotopic (exact) mass is 292 g/mol. The lowest BCUT2D eigenvalue weighted by molar-refractivity contribution is 0.0570. The van der Waals surface area contributed by atoms with Gasteiger partial charge in [-0.3, -0.25) is 4.90 Å². The maximum atomic E-state index is 11.6. The van der Waals surface area contributed by atoms with E-state index in [0.29, 0.717) is 19.2 Å². The fourth-order valence-corrected chi connectivity index (χ4v) is 4.79. The SMILES string of the molecule is COCCN(CC1CCCN1)C1CS(=O)(=O)CC1O. The maximum absolute atomic E-state index is 11.6. The number of nitrogens with zero attached hydrogens (tertiary/aromatic N) is 1. The van der Waals surface area contributed by atoms with Gasteiger partial charge in [-0.1, -0.05) is 0 Å². The van der Waals surface area contributed by atoms with Crippen LogP contribution in [-0.2, 0) is 14.6 Å². The van der Waals surface area contributed by atoms with E-state index in [0.717, 1.165) is 25.9 Å². The third-order valence-corrected chi connectivity index (χ3v) is 5.66. The molecule has 2 aliphatic rings. The third-order valence-electron chi connectivity index (χ3n) is 3.96. The van der Waals surface area contributed by atoms with Crippen molar-refractivity contribution in [2.45, 2.75) is 31.0 Å². The van der Waals surface area contributed by atoms with Crippen LogP contribution in [0.15, 0.2) is 0 Å². The van der Waals surface area contributed by atoms with Gasteiger partial charge in [0.1, 0.15) is 0 Å². The Morgan fingerprint density at radius 1 is 1.42 bits per heavy atom. The van der Waals surface area contributed by atoms with Crippen molar-refractivity contribution in [2.75, 3.05) is 44.9 Å². The maximum Gasteiger partial charge on any atom is 0.154 e. The largest absolute Gasteiger partial charge is 0.390 e. The van der Waals surface area contributed by atoms with Crippen LogP contribution >= 0.6 is 0 Å². The van der Waals surface area contributed by atoms with E-state index in [1.807, 2.05) is 0 Å². The summed E-state index contributed by atoms with van der Waals surface area (Å²) in [6, 6.07) is 0.106. The van der Waals surface area contributed by atoms with Gasteiger partial charge in [0.25, 0.3) is 0 Å². The van der Waals surface area contributed by atoms with Crippen LogP contribution in [0.3, 0.4) is 0 Å². The molecule has 2 N–H and O–H groups in total. The molecule has 3 atom stereocenters. The molecule has 7 heteroatoms. The zero-order valence-electron chi connectivity index (χ0n) is 11.4. The Labute approximate surface area is 115 Å². The average molecular weight is 292 g/mol. The summed E-state index contributed by atoms with van der Waals surface area (Å²) in [7, 11) is -1.47. The minimum atomic E-state index is -3.10. The molecule has 0 saturated carbocycles. The Hall–Kier alpha value is -0.210. The van der Waals surface area contributed by atoms with Gasteiger partial charge in [0.15, 0.2) is 9.84 Å². The van der Waals surface area contributed by atoms with Crippen molar-refractivity contribution in [3.05, 3.63) is 0 Å². The molecule has 0 aromatic carbocycles. The van der Waals surface area contributed by atoms with Gasteiger partial charge in [-0.05, 0) is 19.4 Å². The minimum absolute atomic E-state index is 0.0601. The van der Waals surface area contributed by atoms with Gasteiger partial charge < -0.3 is 15.2 Å². The van der Waals surface area contributed by atoms with Crippen molar-refractivity contribution in [3.8, 4) is 0 Å². The van der Waals surface area contributed by atoms with Gasteiger partial charge in [0.2, 0.25) is 0 Å². The first-order chi connectivity index (χ1) is 9.02. The number of rotatable bonds is 6. The number of aliphatic hydroxyl groups excluding tert-OH is 1. The molecule has 0 aliphatic carbocycles. The summed E-state index contributed by atoms with van der Waals surface area (Å²) >= 11 is 0. The molecular weight excluding hydrogens is 268 g/mol. The summed E-state index contributed by atoms with van der Waals surface area (Å²) < 4.78 is 28.4. The first-order valence-electron chi connectivity index (χ1n) is 6.87. The molecule has 0 amide bonds. The van der Waals surface area contributed by atoms with Crippen LogP contribution in [-0.4, -0.2) is 81.5 Å². The highest BCUT2D eigenvalue weighted by molar-refractivity contribution is 7.91. The lowest BCUT2D eigenvalue weighted by Gasteiger charge is -2.32. The number of nitrogens with one attached hydrogen (secondary N) is 1. The Balaban J connectivity index is 1.99. The summed E-state index contributed by atoms with van der Waals surface area (Å²) in [6.45, 7) is 3.01. The summed E-state index contributed by atoms with van der Waals surface area (Å²) in [5.74, 6) is -0.0517. The van der Waals surface area contributed by atoms with Gasteiger partial charge in [0.05, 0.1) is 30.3 Å². The van der Waals surface area contributed by atoms with E-state index < -0.39 is 15.9 Å². The smallest absolute Gasteiger partial charge is 0.154 e. The average Bonchev–Trinajstić information content (AvgIpc) is 2.92. The minimum Gasteiger partial charge on any atom is -0.390 e. The first-order valence-corrected chi connectivity index (χ1v) is 8.69. The highest BCUT2D eigenvalue weighted by Gasteiger charge is 2.40. The molecule has 6 nitrogen and oxygen atoms in total. The second-order valence-electron chi connectivity index (χ2n) is 5.49. The molecule has 19 heavy (non-hydrogen) atoms. The van der Waals surface area contributed by atoms with E-state index in [-0.39, 0.29) is 17.5 Å². The molecule has 2 aliphatic heterocycles. The molecule has 2 rings (SSSR count). The second kappa shape index (κ2) is 6.49. The second-order valence-corrected chi connectivity index (χ2v) is 7.65. The summed E-state index contributed by atoms with van der Waals surface area (Å²) in [4.78, 5) is 2.07. The van der Waals surface area contributed by atoms with Crippen molar-refractivity contribution in [3.63, 3.8) is 0 Å².